The fourth-order valence-corrected chi connectivity index (χ4v) is 2.14. The van der Waals surface area contributed by atoms with Crippen LogP contribution >= 0.6 is 15.9 Å². The Morgan fingerprint density at radius 1 is 1.33 bits per heavy atom. The molecule has 0 fully saturated rings. The van der Waals surface area contributed by atoms with Gasteiger partial charge in [-0.3, -0.25) is 0 Å². The van der Waals surface area contributed by atoms with E-state index in [0.717, 1.165) is 27.8 Å². The minimum absolute atomic E-state index is 0.590. The normalized spacial score (nSPS) is 10.3. The van der Waals surface area contributed by atoms with Crippen LogP contribution in [0.3, 0.4) is 0 Å². The minimum atomic E-state index is 0.590. The molecule has 0 saturated carbocycles. The molecule has 0 unspecified atom stereocenters. The number of pyridine rings is 1. The van der Waals surface area contributed by atoms with Crippen molar-refractivity contribution in [2.24, 2.45) is 0 Å². The van der Waals surface area contributed by atoms with Gasteiger partial charge in [0.15, 0.2) is 0 Å². The molecule has 0 aliphatic carbocycles. The van der Waals surface area contributed by atoms with Crippen molar-refractivity contribution < 1.29 is 4.74 Å². The van der Waals surface area contributed by atoms with Crippen LogP contribution in [0, 0.1) is 6.92 Å². The Bertz CT molecular complexity index is 523. The standard InChI is InChI=1S/C14H15BrN2O/c1-10-5-7-17-14(16)13(10)6-8-18-12-4-2-3-11(15)9-12/h2-5,7,9H,6,8H2,1H3,(H2,16,17). The van der Waals surface area contributed by atoms with E-state index in [0.29, 0.717) is 12.4 Å². The molecule has 0 aliphatic rings. The van der Waals surface area contributed by atoms with Crippen molar-refractivity contribution >= 4 is 21.7 Å². The van der Waals surface area contributed by atoms with Crippen molar-refractivity contribution in [1.29, 1.82) is 0 Å². The molecule has 3 nitrogen and oxygen atoms in total. The van der Waals surface area contributed by atoms with Gasteiger partial charge in [-0.1, -0.05) is 22.0 Å². The predicted molar refractivity (Wildman–Crippen MR) is 76.7 cm³/mol. The first-order valence-electron chi connectivity index (χ1n) is 5.75. The van der Waals surface area contributed by atoms with Gasteiger partial charge < -0.3 is 10.5 Å². The molecule has 0 spiro atoms. The SMILES string of the molecule is Cc1ccnc(N)c1CCOc1cccc(Br)c1. The highest BCUT2D eigenvalue weighted by molar-refractivity contribution is 9.10. The van der Waals surface area contributed by atoms with Crippen LogP contribution in [-0.2, 0) is 6.42 Å². The maximum absolute atomic E-state index is 5.85. The average molecular weight is 307 g/mol. The molecule has 1 aromatic heterocycles. The highest BCUT2D eigenvalue weighted by Gasteiger charge is 2.04. The van der Waals surface area contributed by atoms with Gasteiger partial charge in [0.25, 0.3) is 0 Å². The van der Waals surface area contributed by atoms with Gasteiger partial charge in [-0.05, 0) is 36.8 Å². The third-order valence-corrected chi connectivity index (χ3v) is 3.23. The molecule has 94 valence electrons. The number of hydrogen-bond donors (Lipinski definition) is 1. The van der Waals surface area contributed by atoms with E-state index in [-0.39, 0.29) is 0 Å². The fraction of sp³-hybridized carbons (Fsp3) is 0.214. The van der Waals surface area contributed by atoms with E-state index in [4.69, 9.17) is 10.5 Å². The van der Waals surface area contributed by atoms with Crippen LogP contribution in [-0.4, -0.2) is 11.6 Å². The van der Waals surface area contributed by atoms with Gasteiger partial charge in [-0.25, -0.2) is 4.98 Å². The molecule has 0 radical (unpaired) electrons. The summed E-state index contributed by atoms with van der Waals surface area (Å²) in [7, 11) is 0. The quantitative estimate of drug-likeness (QED) is 0.942. The molecule has 0 amide bonds. The highest BCUT2D eigenvalue weighted by atomic mass is 79.9. The second-order valence-electron chi connectivity index (χ2n) is 4.05. The van der Waals surface area contributed by atoms with Gasteiger partial charge in [0.2, 0.25) is 0 Å². The Morgan fingerprint density at radius 3 is 2.89 bits per heavy atom. The summed E-state index contributed by atoms with van der Waals surface area (Å²) in [4.78, 5) is 4.09. The van der Waals surface area contributed by atoms with Crippen molar-refractivity contribution in [1.82, 2.24) is 4.98 Å². The number of nitrogen functional groups attached to an aromatic ring is 1. The second-order valence-corrected chi connectivity index (χ2v) is 4.96. The summed E-state index contributed by atoms with van der Waals surface area (Å²) in [6.07, 6.45) is 2.49. The number of nitrogens with zero attached hydrogens (tertiary/aromatic N) is 1. The van der Waals surface area contributed by atoms with Gasteiger partial charge in [0, 0.05) is 22.7 Å². The third kappa shape index (κ3) is 3.23. The first-order valence-corrected chi connectivity index (χ1v) is 6.54. The lowest BCUT2D eigenvalue weighted by Gasteiger charge is -2.10. The second kappa shape index (κ2) is 5.87. The van der Waals surface area contributed by atoms with Gasteiger partial charge in [-0.2, -0.15) is 0 Å². The Labute approximate surface area is 115 Å². The minimum Gasteiger partial charge on any atom is -0.493 e. The van der Waals surface area contributed by atoms with Gasteiger partial charge in [0.05, 0.1) is 6.61 Å². The van der Waals surface area contributed by atoms with Crippen molar-refractivity contribution in [3.8, 4) is 5.75 Å². The molecular weight excluding hydrogens is 292 g/mol. The van der Waals surface area contributed by atoms with E-state index in [2.05, 4.69) is 20.9 Å². The van der Waals surface area contributed by atoms with Crippen molar-refractivity contribution in [3.63, 3.8) is 0 Å². The molecule has 18 heavy (non-hydrogen) atoms. The van der Waals surface area contributed by atoms with E-state index in [1.807, 2.05) is 37.3 Å². The van der Waals surface area contributed by atoms with Crippen LogP contribution in [0.5, 0.6) is 5.75 Å². The number of aryl methyl sites for hydroxylation is 1. The molecule has 1 heterocycles. The fourth-order valence-electron chi connectivity index (χ4n) is 1.76. The Morgan fingerprint density at radius 2 is 2.17 bits per heavy atom. The van der Waals surface area contributed by atoms with Gasteiger partial charge >= 0.3 is 0 Å². The maximum Gasteiger partial charge on any atom is 0.126 e. The van der Waals surface area contributed by atoms with E-state index >= 15 is 0 Å². The summed E-state index contributed by atoms with van der Waals surface area (Å²) in [6, 6.07) is 9.76. The molecule has 2 aromatic rings. The summed E-state index contributed by atoms with van der Waals surface area (Å²) in [5.74, 6) is 1.44. The van der Waals surface area contributed by atoms with Gasteiger partial charge in [0.1, 0.15) is 11.6 Å². The van der Waals surface area contributed by atoms with Crippen LogP contribution in [0.15, 0.2) is 41.0 Å². The molecule has 2 N–H and O–H groups in total. The number of halogens is 1. The van der Waals surface area contributed by atoms with Crippen LogP contribution in [0.1, 0.15) is 11.1 Å². The molecular formula is C14H15BrN2O. The summed E-state index contributed by atoms with van der Waals surface area (Å²) in [5.41, 5.74) is 8.07. The number of hydrogen-bond acceptors (Lipinski definition) is 3. The number of ether oxygens (including phenoxy) is 1. The average Bonchev–Trinajstić information content (AvgIpc) is 2.33. The molecule has 0 atom stereocenters. The number of rotatable bonds is 4. The Balaban J connectivity index is 1.97. The van der Waals surface area contributed by atoms with Crippen molar-refractivity contribution in [2.75, 3.05) is 12.3 Å². The summed E-state index contributed by atoms with van der Waals surface area (Å²) in [5, 5.41) is 0. The monoisotopic (exact) mass is 306 g/mol. The predicted octanol–water partition coefficient (Wildman–Crippen LogP) is 3.36. The summed E-state index contributed by atoms with van der Waals surface area (Å²) >= 11 is 3.41. The van der Waals surface area contributed by atoms with Crippen LogP contribution in [0.4, 0.5) is 5.82 Å². The lowest BCUT2D eigenvalue weighted by atomic mass is 10.1. The lowest BCUT2D eigenvalue weighted by Crippen LogP contribution is -2.06. The molecule has 0 aliphatic heterocycles. The smallest absolute Gasteiger partial charge is 0.126 e. The number of anilines is 1. The third-order valence-electron chi connectivity index (χ3n) is 2.74. The van der Waals surface area contributed by atoms with Gasteiger partial charge in [-0.15, -0.1) is 0 Å². The Kier molecular flexibility index (Phi) is 4.20. The number of aromatic nitrogens is 1. The van der Waals surface area contributed by atoms with Crippen LogP contribution in [0.2, 0.25) is 0 Å². The van der Waals surface area contributed by atoms with E-state index in [9.17, 15) is 0 Å². The summed E-state index contributed by atoms with van der Waals surface area (Å²) in [6.45, 7) is 2.62. The lowest BCUT2D eigenvalue weighted by molar-refractivity contribution is 0.321. The zero-order chi connectivity index (χ0) is 13.0. The largest absolute Gasteiger partial charge is 0.493 e. The maximum atomic E-state index is 5.85. The van der Waals surface area contributed by atoms with E-state index in [1.165, 1.54) is 0 Å². The molecule has 0 saturated heterocycles. The topological polar surface area (TPSA) is 48.1 Å². The highest BCUT2D eigenvalue weighted by Crippen LogP contribution is 2.19. The van der Waals surface area contributed by atoms with E-state index < -0.39 is 0 Å². The van der Waals surface area contributed by atoms with Crippen molar-refractivity contribution in [3.05, 3.63) is 52.1 Å². The first kappa shape index (κ1) is 12.9. The molecule has 2 rings (SSSR count). The number of benzene rings is 1. The zero-order valence-corrected chi connectivity index (χ0v) is 11.8. The van der Waals surface area contributed by atoms with Crippen LogP contribution < -0.4 is 10.5 Å². The van der Waals surface area contributed by atoms with Crippen LogP contribution in [0.25, 0.3) is 0 Å². The molecule has 0 bridgehead atoms. The van der Waals surface area contributed by atoms with E-state index in [1.54, 1.807) is 6.20 Å². The van der Waals surface area contributed by atoms with Crippen molar-refractivity contribution in [2.45, 2.75) is 13.3 Å². The number of nitrogens with two attached hydrogens (primary N) is 1. The zero-order valence-electron chi connectivity index (χ0n) is 10.2. The molecule has 1 aromatic carbocycles. The Hall–Kier alpha value is -1.55. The molecule has 4 heteroatoms. The summed E-state index contributed by atoms with van der Waals surface area (Å²) < 4.78 is 6.70. The first-order chi connectivity index (χ1) is 8.66.